The minimum absolute atomic E-state index is 0.851. The molecule has 0 unspecified atom stereocenters. The molecule has 168 valence electrons. The Labute approximate surface area is 201 Å². The third kappa shape index (κ3) is 3.38. The summed E-state index contributed by atoms with van der Waals surface area (Å²) < 4.78 is 0. The first-order chi connectivity index (χ1) is 17.1. The minimum Gasteiger partial charge on any atom is -0.342 e. The molecule has 7 aromatic rings. The van der Waals surface area contributed by atoms with Crippen molar-refractivity contribution in [3.05, 3.63) is 90.3 Å². The molecule has 0 fully saturated rings. The number of nitrogens with zero attached hydrogens (tertiary/aromatic N) is 3. The minimum atomic E-state index is 0.851. The van der Waals surface area contributed by atoms with E-state index in [1.807, 2.05) is 6.92 Å². The lowest BCUT2D eigenvalue weighted by molar-refractivity contribution is 1.17. The number of aromatic amines is 3. The molecule has 3 aromatic heterocycles. The zero-order valence-electron chi connectivity index (χ0n) is 19.3. The smallest absolute Gasteiger partial charge is 0.138 e. The SMILES string of the molecule is Cc1ccc2nc(-c3ccc(-c4nc5ccc(-c6ccc7nc(C)[nH]c7c6)cc5[nH]4)cc3)[nH]c2c1. The van der Waals surface area contributed by atoms with E-state index in [2.05, 4.69) is 106 Å². The lowest BCUT2D eigenvalue weighted by atomic mass is 10.0. The molecule has 0 aliphatic carbocycles. The van der Waals surface area contributed by atoms with E-state index in [-0.39, 0.29) is 0 Å². The number of H-pyrrole nitrogens is 3. The fraction of sp³-hybridized carbons (Fsp3) is 0.0690. The summed E-state index contributed by atoms with van der Waals surface area (Å²) in [6, 6.07) is 27.2. The van der Waals surface area contributed by atoms with Crippen LogP contribution in [0.5, 0.6) is 0 Å². The molecule has 35 heavy (non-hydrogen) atoms. The second kappa shape index (κ2) is 7.40. The van der Waals surface area contributed by atoms with Gasteiger partial charge in [-0.05, 0) is 66.9 Å². The Hall–Kier alpha value is -4.71. The van der Waals surface area contributed by atoms with Crippen LogP contribution in [0.25, 0.3) is 67.0 Å². The quantitative estimate of drug-likeness (QED) is 0.270. The highest BCUT2D eigenvalue weighted by molar-refractivity contribution is 5.88. The third-order valence-electron chi connectivity index (χ3n) is 6.48. The van der Waals surface area contributed by atoms with E-state index in [1.165, 1.54) is 5.56 Å². The molecule has 0 bridgehead atoms. The second-order valence-corrected chi connectivity index (χ2v) is 9.05. The van der Waals surface area contributed by atoms with Gasteiger partial charge in [-0.25, -0.2) is 15.0 Å². The summed E-state index contributed by atoms with van der Waals surface area (Å²) in [5.74, 6) is 2.65. The number of aryl methyl sites for hydroxylation is 2. The maximum absolute atomic E-state index is 4.82. The van der Waals surface area contributed by atoms with Crippen molar-refractivity contribution < 1.29 is 0 Å². The average molecular weight is 455 g/mol. The molecule has 0 aliphatic rings. The van der Waals surface area contributed by atoms with Crippen molar-refractivity contribution in [2.24, 2.45) is 0 Å². The number of benzene rings is 4. The fourth-order valence-corrected chi connectivity index (χ4v) is 4.69. The first kappa shape index (κ1) is 19.7. The van der Waals surface area contributed by atoms with Crippen LogP contribution in [0.15, 0.2) is 78.9 Å². The Morgan fingerprint density at radius 3 is 1.51 bits per heavy atom. The Morgan fingerprint density at radius 1 is 0.457 bits per heavy atom. The number of aromatic nitrogens is 6. The number of imidazole rings is 3. The van der Waals surface area contributed by atoms with Crippen LogP contribution in [0.1, 0.15) is 11.4 Å². The summed E-state index contributed by atoms with van der Waals surface area (Å²) in [5.41, 5.74) is 11.6. The Balaban J connectivity index is 1.21. The van der Waals surface area contributed by atoms with Gasteiger partial charge in [0.05, 0.1) is 33.1 Å². The maximum Gasteiger partial charge on any atom is 0.138 e. The summed E-state index contributed by atoms with van der Waals surface area (Å²) in [5, 5.41) is 0. The molecule has 6 heteroatoms. The van der Waals surface area contributed by atoms with E-state index in [0.717, 1.165) is 72.8 Å². The van der Waals surface area contributed by atoms with Crippen LogP contribution in [0.2, 0.25) is 0 Å². The highest BCUT2D eigenvalue weighted by Gasteiger charge is 2.10. The van der Waals surface area contributed by atoms with Crippen molar-refractivity contribution in [2.75, 3.05) is 0 Å². The van der Waals surface area contributed by atoms with Crippen LogP contribution < -0.4 is 0 Å². The Kier molecular flexibility index (Phi) is 4.17. The number of hydrogen-bond acceptors (Lipinski definition) is 3. The van der Waals surface area contributed by atoms with Gasteiger partial charge in [0.2, 0.25) is 0 Å². The highest BCUT2D eigenvalue weighted by atomic mass is 14.9. The van der Waals surface area contributed by atoms with Gasteiger partial charge in [0.25, 0.3) is 0 Å². The van der Waals surface area contributed by atoms with Gasteiger partial charge in [-0.1, -0.05) is 42.5 Å². The van der Waals surface area contributed by atoms with Gasteiger partial charge < -0.3 is 15.0 Å². The zero-order valence-corrected chi connectivity index (χ0v) is 19.3. The maximum atomic E-state index is 4.82. The summed E-state index contributed by atoms with van der Waals surface area (Å²) >= 11 is 0. The van der Waals surface area contributed by atoms with Crippen LogP contribution in [0.3, 0.4) is 0 Å². The third-order valence-corrected chi connectivity index (χ3v) is 6.48. The number of nitrogens with one attached hydrogen (secondary N) is 3. The van der Waals surface area contributed by atoms with Crippen molar-refractivity contribution in [1.29, 1.82) is 0 Å². The standard InChI is InChI=1S/C29H22N6/c1-16-3-10-23-25(13-16)34-28(32-23)18-4-6-19(7-5-18)29-33-24-12-9-21(15-27(24)35-29)20-8-11-22-26(14-20)31-17(2)30-22/h3-15H,1-2H3,(H,30,31)(H,32,34)(H,33,35). The second-order valence-electron chi connectivity index (χ2n) is 9.05. The molecular weight excluding hydrogens is 432 g/mol. The lowest BCUT2D eigenvalue weighted by Crippen LogP contribution is -1.83. The van der Waals surface area contributed by atoms with Crippen LogP contribution in [0.4, 0.5) is 0 Å². The first-order valence-corrected chi connectivity index (χ1v) is 11.6. The lowest BCUT2D eigenvalue weighted by Gasteiger charge is -2.01. The number of hydrogen-bond donors (Lipinski definition) is 3. The van der Waals surface area contributed by atoms with Crippen LogP contribution >= 0.6 is 0 Å². The van der Waals surface area contributed by atoms with Crippen molar-refractivity contribution in [3.8, 4) is 33.9 Å². The van der Waals surface area contributed by atoms with Gasteiger partial charge in [0.15, 0.2) is 0 Å². The fourth-order valence-electron chi connectivity index (χ4n) is 4.69. The number of fused-ring (bicyclic) bond motifs is 3. The molecule has 4 aromatic carbocycles. The van der Waals surface area contributed by atoms with Gasteiger partial charge in [-0.15, -0.1) is 0 Å². The Morgan fingerprint density at radius 2 is 0.914 bits per heavy atom. The van der Waals surface area contributed by atoms with Gasteiger partial charge in [-0.3, -0.25) is 0 Å². The van der Waals surface area contributed by atoms with E-state index in [4.69, 9.17) is 9.97 Å². The van der Waals surface area contributed by atoms with E-state index >= 15 is 0 Å². The molecular formula is C29H22N6. The first-order valence-electron chi connectivity index (χ1n) is 11.6. The molecule has 0 amide bonds. The van der Waals surface area contributed by atoms with Crippen molar-refractivity contribution in [2.45, 2.75) is 13.8 Å². The monoisotopic (exact) mass is 454 g/mol. The van der Waals surface area contributed by atoms with Gasteiger partial charge in [-0.2, -0.15) is 0 Å². The molecule has 3 heterocycles. The van der Waals surface area contributed by atoms with E-state index in [1.54, 1.807) is 0 Å². The zero-order chi connectivity index (χ0) is 23.5. The molecule has 3 N–H and O–H groups in total. The largest absolute Gasteiger partial charge is 0.342 e. The van der Waals surface area contributed by atoms with Crippen molar-refractivity contribution in [1.82, 2.24) is 29.9 Å². The van der Waals surface area contributed by atoms with Gasteiger partial charge in [0, 0.05) is 11.1 Å². The van der Waals surface area contributed by atoms with Crippen LogP contribution in [-0.2, 0) is 0 Å². The van der Waals surface area contributed by atoms with E-state index < -0.39 is 0 Å². The van der Waals surface area contributed by atoms with Crippen LogP contribution in [0, 0.1) is 13.8 Å². The summed E-state index contributed by atoms with van der Waals surface area (Å²) in [6.07, 6.45) is 0. The van der Waals surface area contributed by atoms with E-state index in [9.17, 15) is 0 Å². The van der Waals surface area contributed by atoms with E-state index in [0.29, 0.717) is 0 Å². The highest BCUT2D eigenvalue weighted by Crippen LogP contribution is 2.29. The summed E-state index contributed by atoms with van der Waals surface area (Å²) in [7, 11) is 0. The average Bonchev–Trinajstić information content (AvgIpc) is 3.58. The normalized spacial score (nSPS) is 11.7. The molecule has 0 atom stereocenters. The summed E-state index contributed by atoms with van der Waals surface area (Å²) in [4.78, 5) is 24.3. The van der Waals surface area contributed by atoms with Crippen LogP contribution in [-0.4, -0.2) is 29.9 Å². The van der Waals surface area contributed by atoms with Gasteiger partial charge >= 0.3 is 0 Å². The summed E-state index contributed by atoms with van der Waals surface area (Å²) in [6.45, 7) is 4.06. The number of rotatable bonds is 3. The Bertz CT molecular complexity index is 1870. The van der Waals surface area contributed by atoms with Crippen molar-refractivity contribution >= 4 is 33.1 Å². The molecule has 0 saturated heterocycles. The topological polar surface area (TPSA) is 86.0 Å². The molecule has 0 spiro atoms. The predicted octanol–water partition coefficient (Wildman–Crippen LogP) is 6.93. The molecule has 6 nitrogen and oxygen atoms in total. The molecule has 0 radical (unpaired) electrons. The predicted molar refractivity (Wildman–Crippen MR) is 141 cm³/mol. The molecule has 0 saturated carbocycles. The van der Waals surface area contributed by atoms with Crippen molar-refractivity contribution in [3.63, 3.8) is 0 Å². The molecule has 0 aliphatic heterocycles. The molecule has 7 rings (SSSR count). The van der Waals surface area contributed by atoms with Gasteiger partial charge in [0.1, 0.15) is 17.5 Å².